The fourth-order valence-electron chi connectivity index (χ4n) is 1.83. The summed E-state index contributed by atoms with van der Waals surface area (Å²) in [6.45, 7) is 1.02. The molecule has 0 spiro atoms. The molecule has 0 saturated heterocycles. The highest BCUT2D eigenvalue weighted by Gasteiger charge is 2.22. The molecular formula is C10H14N2O2S. The van der Waals surface area contributed by atoms with Crippen LogP contribution in [0.4, 0.5) is 5.69 Å². The Morgan fingerprint density at radius 3 is 2.73 bits per heavy atom. The van der Waals surface area contributed by atoms with E-state index in [0.717, 1.165) is 23.2 Å². The quantitative estimate of drug-likeness (QED) is 0.713. The van der Waals surface area contributed by atoms with E-state index in [0.29, 0.717) is 13.1 Å². The molecule has 1 aromatic rings. The first-order chi connectivity index (χ1) is 6.97. The molecule has 0 aromatic heterocycles. The Kier molecular flexibility index (Phi) is 2.44. The zero-order valence-corrected chi connectivity index (χ0v) is 9.42. The number of rotatable bonds is 1. The Morgan fingerprint density at radius 2 is 2.07 bits per heavy atom. The van der Waals surface area contributed by atoms with Crippen LogP contribution in [0.2, 0.25) is 0 Å². The monoisotopic (exact) mass is 226 g/mol. The second-order valence-electron chi connectivity index (χ2n) is 3.87. The van der Waals surface area contributed by atoms with Crippen molar-refractivity contribution in [2.45, 2.75) is 13.0 Å². The van der Waals surface area contributed by atoms with Crippen molar-refractivity contribution >= 4 is 15.7 Å². The normalized spacial score (nSPS) is 17.4. The van der Waals surface area contributed by atoms with E-state index >= 15 is 0 Å². The van der Waals surface area contributed by atoms with Crippen molar-refractivity contribution in [3.05, 3.63) is 29.3 Å². The van der Waals surface area contributed by atoms with E-state index < -0.39 is 10.0 Å². The number of nitrogens with zero attached hydrogens (tertiary/aromatic N) is 1. The molecule has 0 fully saturated rings. The van der Waals surface area contributed by atoms with Gasteiger partial charge in [-0.25, -0.2) is 8.42 Å². The van der Waals surface area contributed by atoms with Gasteiger partial charge in [-0.05, 0) is 29.7 Å². The Morgan fingerprint density at radius 1 is 1.33 bits per heavy atom. The van der Waals surface area contributed by atoms with Gasteiger partial charge in [0.15, 0.2) is 0 Å². The highest BCUT2D eigenvalue weighted by atomic mass is 32.2. The van der Waals surface area contributed by atoms with Crippen LogP contribution in [0.25, 0.3) is 0 Å². The fourth-order valence-corrected chi connectivity index (χ4v) is 2.63. The van der Waals surface area contributed by atoms with Crippen LogP contribution < -0.4 is 5.73 Å². The van der Waals surface area contributed by atoms with Crippen LogP contribution in [0, 0.1) is 0 Å². The molecule has 0 atom stereocenters. The lowest BCUT2D eigenvalue weighted by molar-refractivity contribution is 0.395. The zero-order chi connectivity index (χ0) is 11.1. The summed E-state index contributed by atoms with van der Waals surface area (Å²) in [7, 11) is -3.08. The number of anilines is 1. The van der Waals surface area contributed by atoms with Crippen molar-refractivity contribution in [3.8, 4) is 0 Å². The van der Waals surface area contributed by atoms with Gasteiger partial charge in [0.05, 0.1) is 6.26 Å². The summed E-state index contributed by atoms with van der Waals surface area (Å²) in [4.78, 5) is 0. The van der Waals surface area contributed by atoms with Crippen LogP contribution in [0.5, 0.6) is 0 Å². The number of nitrogens with two attached hydrogens (primary N) is 1. The largest absolute Gasteiger partial charge is 0.399 e. The summed E-state index contributed by atoms with van der Waals surface area (Å²) in [6, 6.07) is 5.64. The van der Waals surface area contributed by atoms with Crippen LogP contribution in [-0.2, 0) is 23.0 Å². The Bertz CT molecular complexity index is 482. The molecule has 1 aromatic carbocycles. The number of sulfonamides is 1. The third-order valence-corrected chi connectivity index (χ3v) is 3.93. The molecular weight excluding hydrogens is 212 g/mol. The molecule has 2 rings (SSSR count). The van der Waals surface area contributed by atoms with Gasteiger partial charge in [-0.3, -0.25) is 0 Å². The minimum Gasteiger partial charge on any atom is -0.399 e. The lowest BCUT2D eigenvalue weighted by Crippen LogP contribution is -2.35. The number of fused-ring (bicyclic) bond motifs is 1. The lowest BCUT2D eigenvalue weighted by atomic mass is 10.0. The second-order valence-corrected chi connectivity index (χ2v) is 5.86. The Labute approximate surface area is 89.7 Å². The summed E-state index contributed by atoms with van der Waals surface area (Å²) < 4.78 is 24.2. The minimum atomic E-state index is -3.08. The van der Waals surface area contributed by atoms with Crippen LogP contribution in [0.15, 0.2) is 18.2 Å². The zero-order valence-electron chi connectivity index (χ0n) is 8.60. The van der Waals surface area contributed by atoms with Crippen LogP contribution in [0.1, 0.15) is 11.1 Å². The van der Waals surface area contributed by atoms with Crippen molar-refractivity contribution < 1.29 is 8.42 Å². The molecule has 1 aliphatic heterocycles. The number of benzene rings is 1. The molecule has 0 saturated carbocycles. The molecule has 0 amide bonds. The molecule has 0 bridgehead atoms. The highest BCUT2D eigenvalue weighted by Crippen LogP contribution is 2.22. The third kappa shape index (κ3) is 2.13. The number of hydrogen-bond acceptors (Lipinski definition) is 3. The van der Waals surface area contributed by atoms with E-state index in [4.69, 9.17) is 5.73 Å². The van der Waals surface area contributed by atoms with Gasteiger partial charge in [0, 0.05) is 18.8 Å². The van der Waals surface area contributed by atoms with E-state index in [-0.39, 0.29) is 0 Å². The predicted molar refractivity (Wildman–Crippen MR) is 59.8 cm³/mol. The number of hydrogen-bond donors (Lipinski definition) is 1. The molecule has 0 unspecified atom stereocenters. The molecule has 1 heterocycles. The van der Waals surface area contributed by atoms with Crippen LogP contribution >= 0.6 is 0 Å². The molecule has 15 heavy (non-hydrogen) atoms. The van der Waals surface area contributed by atoms with E-state index in [1.807, 2.05) is 18.2 Å². The molecule has 1 aliphatic rings. The van der Waals surface area contributed by atoms with Crippen molar-refractivity contribution in [1.82, 2.24) is 4.31 Å². The van der Waals surface area contributed by atoms with Gasteiger partial charge in [0.25, 0.3) is 0 Å². The van der Waals surface area contributed by atoms with Gasteiger partial charge in [0.2, 0.25) is 10.0 Å². The maximum Gasteiger partial charge on any atom is 0.211 e. The van der Waals surface area contributed by atoms with Crippen molar-refractivity contribution in [2.75, 3.05) is 18.5 Å². The summed E-state index contributed by atoms with van der Waals surface area (Å²) in [6.07, 6.45) is 1.99. The van der Waals surface area contributed by atoms with E-state index in [9.17, 15) is 8.42 Å². The minimum absolute atomic E-state index is 0.467. The van der Waals surface area contributed by atoms with Gasteiger partial charge in [-0.2, -0.15) is 4.31 Å². The van der Waals surface area contributed by atoms with Crippen LogP contribution in [0.3, 0.4) is 0 Å². The predicted octanol–water partition coefficient (Wildman–Crippen LogP) is 0.586. The van der Waals surface area contributed by atoms with Gasteiger partial charge in [0.1, 0.15) is 0 Å². The topological polar surface area (TPSA) is 63.4 Å². The maximum absolute atomic E-state index is 11.4. The SMILES string of the molecule is CS(=O)(=O)N1CCc2cc(N)ccc2C1. The fraction of sp³-hybridized carbons (Fsp3) is 0.400. The molecule has 0 aliphatic carbocycles. The highest BCUT2D eigenvalue weighted by molar-refractivity contribution is 7.88. The Hall–Kier alpha value is -1.07. The third-order valence-electron chi connectivity index (χ3n) is 2.68. The number of nitrogen functional groups attached to an aromatic ring is 1. The summed E-state index contributed by atoms with van der Waals surface area (Å²) in [5.74, 6) is 0. The average molecular weight is 226 g/mol. The van der Waals surface area contributed by atoms with Gasteiger partial charge >= 0.3 is 0 Å². The van der Waals surface area contributed by atoms with Gasteiger partial charge in [-0.1, -0.05) is 6.07 Å². The van der Waals surface area contributed by atoms with Crippen molar-refractivity contribution in [2.24, 2.45) is 0 Å². The lowest BCUT2D eigenvalue weighted by Gasteiger charge is -2.26. The first-order valence-electron chi connectivity index (χ1n) is 4.79. The Balaban J connectivity index is 2.32. The molecule has 2 N–H and O–H groups in total. The van der Waals surface area contributed by atoms with E-state index in [2.05, 4.69) is 0 Å². The first-order valence-corrected chi connectivity index (χ1v) is 6.64. The standard InChI is InChI=1S/C10H14N2O2S/c1-15(13,14)12-5-4-8-6-10(11)3-2-9(8)7-12/h2-3,6H,4-5,7,11H2,1H3. The second kappa shape index (κ2) is 3.50. The van der Waals surface area contributed by atoms with Crippen molar-refractivity contribution in [1.29, 1.82) is 0 Å². The summed E-state index contributed by atoms with van der Waals surface area (Å²) >= 11 is 0. The van der Waals surface area contributed by atoms with E-state index in [1.165, 1.54) is 10.6 Å². The summed E-state index contributed by atoms with van der Waals surface area (Å²) in [5.41, 5.74) is 8.63. The molecule has 4 nitrogen and oxygen atoms in total. The average Bonchev–Trinajstić information content (AvgIpc) is 2.15. The molecule has 82 valence electrons. The first kappa shape index (κ1) is 10.4. The summed E-state index contributed by atoms with van der Waals surface area (Å²) in [5, 5.41) is 0. The van der Waals surface area contributed by atoms with Gasteiger partial charge in [-0.15, -0.1) is 0 Å². The van der Waals surface area contributed by atoms with Crippen molar-refractivity contribution in [3.63, 3.8) is 0 Å². The van der Waals surface area contributed by atoms with Crippen LogP contribution in [-0.4, -0.2) is 25.5 Å². The van der Waals surface area contributed by atoms with Gasteiger partial charge < -0.3 is 5.73 Å². The maximum atomic E-state index is 11.4. The van der Waals surface area contributed by atoms with E-state index in [1.54, 1.807) is 0 Å². The smallest absolute Gasteiger partial charge is 0.211 e. The molecule has 0 radical (unpaired) electrons. The molecule has 5 heteroatoms.